The van der Waals surface area contributed by atoms with Gasteiger partial charge in [-0.05, 0) is 76.5 Å². The number of carbonyl (C=O) groups is 2. The van der Waals surface area contributed by atoms with Gasteiger partial charge in [-0.15, -0.1) is 0 Å². The van der Waals surface area contributed by atoms with Gasteiger partial charge in [0.2, 0.25) is 0 Å². The molecule has 0 saturated heterocycles. The number of aliphatic hydroxyl groups is 3. The van der Waals surface area contributed by atoms with Crippen LogP contribution in [0.4, 0.5) is 0 Å². The van der Waals surface area contributed by atoms with E-state index < -0.39 is 34.4 Å². The Balaban J connectivity index is 2.19. The second-order valence-corrected chi connectivity index (χ2v) is 13.2. The summed E-state index contributed by atoms with van der Waals surface area (Å²) in [7, 11) is -1.18. The van der Waals surface area contributed by atoms with Gasteiger partial charge in [-0.25, -0.2) is 0 Å². The lowest BCUT2D eigenvalue weighted by Gasteiger charge is -2.50. The van der Waals surface area contributed by atoms with Crippen LogP contribution in [0.5, 0.6) is 0 Å². The molecule has 0 amide bonds. The van der Waals surface area contributed by atoms with Crippen LogP contribution in [0.25, 0.3) is 0 Å². The quantitative estimate of drug-likeness (QED) is 0.273. The van der Waals surface area contributed by atoms with E-state index in [9.17, 15) is 29.1 Å². The molecule has 9 atom stereocenters. The van der Waals surface area contributed by atoms with Gasteiger partial charge in [0, 0.05) is 27.7 Å². The highest BCUT2D eigenvalue weighted by atomic mass is 32.2. The molecule has 2 rings (SSSR count). The summed E-state index contributed by atoms with van der Waals surface area (Å²) >= 11 is 0. The number of aliphatic carboxylic acids is 1. The molecule has 0 aromatic carbocycles. The Morgan fingerprint density at radius 1 is 1.14 bits per heavy atom. The first-order valence-electron chi connectivity index (χ1n) is 13.2. The summed E-state index contributed by atoms with van der Waals surface area (Å²) in [4.78, 5) is 23.9. The van der Waals surface area contributed by atoms with Gasteiger partial charge in [-0.3, -0.25) is 13.8 Å². The lowest BCUT2D eigenvalue weighted by atomic mass is 9.59. The van der Waals surface area contributed by atoms with E-state index in [4.69, 9.17) is 9.84 Å². The molecule has 9 heteroatoms. The first-order valence-corrected chi connectivity index (χ1v) is 14.5. The van der Waals surface area contributed by atoms with Gasteiger partial charge in [0.15, 0.2) is 0 Å². The topological polar surface area (TPSA) is 141 Å². The molecule has 35 heavy (non-hydrogen) atoms. The van der Waals surface area contributed by atoms with E-state index >= 15 is 0 Å². The predicted molar refractivity (Wildman–Crippen MR) is 134 cm³/mol. The normalized spacial score (nSPS) is 31.7. The van der Waals surface area contributed by atoms with Gasteiger partial charge in [-0.2, -0.15) is 0 Å². The number of hydrogen-bond acceptors (Lipinski definition) is 7. The maximum Gasteiger partial charge on any atom is 0.311 e. The molecule has 2 saturated carbocycles. The van der Waals surface area contributed by atoms with Crippen molar-refractivity contribution in [3.05, 3.63) is 0 Å². The molecular formula is C26H46O8S. The second-order valence-electron chi connectivity index (χ2n) is 11.4. The number of aliphatic hydroxyl groups excluding tert-OH is 3. The van der Waals surface area contributed by atoms with E-state index in [1.165, 1.54) is 0 Å². The summed E-state index contributed by atoms with van der Waals surface area (Å²) < 4.78 is 19.0. The third kappa shape index (κ3) is 8.51. The third-order valence-electron chi connectivity index (χ3n) is 8.40. The number of rotatable bonds is 13. The van der Waals surface area contributed by atoms with E-state index in [0.717, 1.165) is 19.3 Å². The van der Waals surface area contributed by atoms with Gasteiger partial charge in [0.25, 0.3) is 0 Å². The third-order valence-corrected chi connectivity index (χ3v) is 10.1. The van der Waals surface area contributed by atoms with Crippen LogP contribution in [0.3, 0.4) is 0 Å². The van der Waals surface area contributed by atoms with Crippen molar-refractivity contribution in [3.8, 4) is 0 Å². The van der Waals surface area contributed by atoms with E-state index in [1.807, 2.05) is 20.8 Å². The minimum atomic E-state index is -1.18. The Morgan fingerprint density at radius 2 is 1.83 bits per heavy atom. The number of fused-ring (bicyclic) bond motifs is 1. The van der Waals surface area contributed by atoms with Crippen molar-refractivity contribution in [2.75, 3.05) is 12.4 Å². The molecule has 0 aliphatic heterocycles. The highest BCUT2D eigenvalue weighted by Gasteiger charge is 2.49. The molecule has 0 bridgehead atoms. The molecule has 0 heterocycles. The number of carboxylic acid groups (broad SMARTS) is 1. The van der Waals surface area contributed by atoms with Crippen LogP contribution in [0.2, 0.25) is 0 Å². The van der Waals surface area contributed by atoms with Crippen molar-refractivity contribution in [2.45, 2.75) is 109 Å². The summed E-state index contributed by atoms with van der Waals surface area (Å²) in [6.45, 7) is 7.76. The summed E-state index contributed by atoms with van der Waals surface area (Å²) in [5.41, 5.74) is -0.612. The van der Waals surface area contributed by atoms with Crippen LogP contribution < -0.4 is 0 Å². The molecule has 0 aromatic rings. The first kappa shape index (κ1) is 30.2. The average molecular weight is 519 g/mol. The van der Waals surface area contributed by atoms with Crippen molar-refractivity contribution < 1.29 is 39.0 Å². The van der Waals surface area contributed by atoms with E-state index in [2.05, 4.69) is 6.92 Å². The maximum absolute atomic E-state index is 13.1. The van der Waals surface area contributed by atoms with Gasteiger partial charge < -0.3 is 25.2 Å². The monoisotopic (exact) mass is 518 g/mol. The SMILES string of the molecule is CCC(C)(C)C(=O)O[C@H]1C[C@@H]([S@@](=O)CCO)C[C@@H]2CC[C@H](C)[C@H](CC[C@@H](O)C[C@@H](O)CC(=O)O)[C@H]21. The lowest BCUT2D eigenvalue weighted by Crippen LogP contribution is -2.50. The summed E-state index contributed by atoms with van der Waals surface area (Å²) in [6.07, 6.45) is 2.45. The number of ether oxygens (including phenoxy) is 1. The molecule has 8 nitrogen and oxygen atoms in total. The Kier molecular flexibility index (Phi) is 11.6. The Bertz CT molecular complexity index is 726. The number of carbonyl (C=O) groups excluding carboxylic acids is 1. The predicted octanol–water partition coefficient (Wildman–Crippen LogP) is 2.88. The number of hydrogen-bond donors (Lipinski definition) is 4. The number of carboxylic acids is 1. The molecule has 2 aliphatic rings. The summed E-state index contributed by atoms with van der Waals surface area (Å²) in [5.74, 6) is -0.172. The smallest absolute Gasteiger partial charge is 0.311 e. The minimum Gasteiger partial charge on any atom is -0.481 e. The largest absolute Gasteiger partial charge is 0.481 e. The molecule has 0 radical (unpaired) electrons. The molecule has 0 aromatic heterocycles. The molecule has 0 unspecified atom stereocenters. The Labute approximate surface area is 212 Å². The molecule has 4 N–H and O–H groups in total. The first-order chi connectivity index (χ1) is 16.4. The molecular weight excluding hydrogens is 472 g/mol. The molecule has 2 fully saturated rings. The Morgan fingerprint density at radius 3 is 2.43 bits per heavy atom. The van der Waals surface area contributed by atoms with Crippen LogP contribution in [0, 0.1) is 29.1 Å². The van der Waals surface area contributed by atoms with E-state index in [0.29, 0.717) is 31.6 Å². The van der Waals surface area contributed by atoms with Crippen LogP contribution in [-0.2, 0) is 25.1 Å². The van der Waals surface area contributed by atoms with Gasteiger partial charge in [-0.1, -0.05) is 20.3 Å². The zero-order valence-electron chi connectivity index (χ0n) is 21.7. The van der Waals surface area contributed by atoms with Crippen molar-refractivity contribution >= 4 is 22.7 Å². The molecule has 204 valence electrons. The summed E-state index contributed by atoms with van der Waals surface area (Å²) in [6, 6.07) is 0. The van der Waals surface area contributed by atoms with E-state index in [-0.39, 0.29) is 60.3 Å². The van der Waals surface area contributed by atoms with E-state index in [1.54, 1.807) is 0 Å². The molecule has 0 spiro atoms. The number of esters is 1. The van der Waals surface area contributed by atoms with Crippen LogP contribution in [0.1, 0.15) is 85.5 Å². The highest BCUT2D eigenvalue weighted by Crippen LogP contribution is 2.50. The fourth-order valence-electron chi connectivity index (χ4n) is 5.93. The van der Waals surface area contributed by atoms with Crippen molar-refractivity contribution in [1.82, 2.24) is 0 Å². The van der Waals surface area contributed by atoms with Crippen LogP contribution in [-0.4, -0.2) is 72.5 Å². The van der Waals surface area contributed by atoms with Crippen molar-refractivity contribution in [3.63, 3.8) is 0 Å². The minimum absolute atomic E-state index is 0.0207. The van der Waals surface area contributed by atoms with Crippen LogP contribution >= 0.6 is 0 Å². The highest BCUT2D eigenvalue weighted by molar-refractivity contribution is 7.85. The summed E-state index contributed by atoms with van der Waals surface area (Å²) in [5, 5.41) is 38.4. The lowest BCUT2D eigenvalue weighted by molar-refractivity contribution is -0.171. The fraction of sp³-hybridized carbons (Fsp3) is 0.923. The van der Waals surface area contributed by atoms with Gasteiger partial charge in [0.1, 0.15) is 6.10 Å². The van der Waals surface area contributed by atoms with Gasteiger partial charge >= 0.3 is 11.9 Å². The molecule has 2 aliphatic carbocycles. The van der Waals surface area contributed by atoms with Crippen LogP contribution in [0.15, 0.2) is 0 Å². The maximum atomic E-state index is 13.1. The fourth-order valence-corrected chi connectivity index (χ4v) is 7.31. The second kappa shape index (κ2) is 13.5. The zero-order valence-corrected chi connectivity index (χ0v) is 22.5. The Hall–Kier alpha value is -1.03. The van der Waals surface area contributed by atoms with Crippen molar-refractivity contribution in [1.29, 1.82) is 0 Å². The van der Waals surface area contributed by atoms with Gasteiger partial charge in [0.05, 0.1) is 30.7 Å². The van der Waals surface area contributed by atoms with Crippen molar-refractivity contribution in [2.24, 2.45) is 29.1 Å². The average Bonchev–Trinajstić information content (AvgIpc) is 2.77. The zero-order chi connectivity index (χ0) is 26.3. The standard InChI is InChI=1S/C26H46O8S/c1-5-26(3,4)25(32)34-22-15-20(35(33)11-10-27)12-17-7-6-16(2)21(24(17)22)9-8-18(28)13-19(29)14-23(30)31/h16-22,24,27-29H,5-15H2,1-4H3,(H,30,31)/t16-,17-,18+,19+,20-,21-,22-,24-,35-/m0/s1.